The van der Waals surface area contributed by atoms with Gasteiger partial charge in [-0.05, 0) is 0 Å². The van der Waals surface area contributed by atoms with Crippen LogP contribution in [0.4, 0.5) is 0 Å². The van der Waals surface area contributed by atoms with Crippen LogP contribution in [0.3, 0.4) is 0 Å². The van der Waals surface area contributed by atoms with Crippen LogP contribution in [0.25, 0.3) is 0 Å². The molecule has 0 unspecified atom stereocenters. The molecule has 0 aliphatic rings. The molecule has 98 valence electrons. The molecule has 0 fully saturated rings. The summed E-state index contributed by atoms with van der Waals surface area (Å²) in [6, 6.07) is 0. The standard InChI is InChI=1S/C6H13O9P.2Na/c7-1-2(8)3(9)4(10)5(11)6(12)16(13,14)15;;/h2-5,7-11H,1H2,(H2,13,14,15);;/t2-,3-,4+,5+;;/m1../s1. The molecule has 0 heterocycles. The van der Waals surface area contributed by atoms with Crippen LogP contribution in [-0.4, -0.2) is 131 Å². The van der Waals surface area contributed by atoms with Gasteiger partial charge in [-0.1, -0.05) is 0 Å². The van der Waals surface area contributed by atoms with Crippen molar-refractivity contribution in [1.29, 1.82) is 0 Å². The molecule has 0 aliphatic heterocycles. The van der Waals surface area contributed by atoms with Gasteiger partial charge in [0.15, 0.2) is 6.10 Å². The number of carbonyl (C=O) groups excluding carboxylic acids is 1. The van der Waals surface area contributed by atoms with E-state index in [1.165, 1.54) is 0 Å². The van der Waals surface area contributed by atoms with Crippen LogP contribution in [0, 0.1) is 0 Å². The largest absolute Gasteiger partial charge is 0.394 e. The molecule has 0 spiro atoms. The molecule has 0 saturated carbocycles. The Hall–Kier alpha value is 1.62. The van der Waals surface area contributed by atoms with E-state index in [4.69, 9.17) is 35.3 Å². The van der Waals surface area contributed by atoms with Crippen LogP contribution >= 0.6 is 7.60 Å². The first-order valence-electron chi connectivity index (χ1n) is 4.06. The third-order valence-corrected chi connectivity index (χ3v) is 2.63. The van der Waals surface area contributed by atoms with Gasteiger partial charge in [-0.2, -0.15) is 0 Å². The van der Waals surface area contributed by atoms with E-state index in [1.54, 1.807) is 0 Å². The number of aliphatic hydroxyl groups is 5. The Balaban J connectivity index is -0.00000112. The maximum absolute atomic E-state index is 10.8. The zero-order chi connectivity index (χ0) is 13.1. The van der Waals surface area contributed by atoms with E-state index in [1.807, 2.05) is 0 Å². The van der Waals surface area contributed by atoms with Crippen LogP contribution in [-0.2, 0) is 9.36 Å². The van der Waals surface area contributed by atoms with Crippen molar-refractivity contribution < 1.29 is 44.7 Å². The first-order chi connectivity index (χ1) is 7.12. The summed E-state index contributed by atoms with van der Waals surface area (Å²) in [5.74, 6) is 0. The summed E-state index contributed by atoms with van der Waals surface area (Å²) in [6.07, 6.45) is -8.84. The first kappa shape index (κ1) is 24.6. The molecule has 2 radical (unpaired) electrons. The van der Waals surface area contributed by atoms with Gasteiger partial charge >= 0.3 is 7.60 Å². The molecule has 0 rings (SSSR count). The van der Waals surface area contributed by atoms with E-state index >= 15 is 0 Å². The topological polar surface area (TPSA) is 176 Å². The van der Waals surface area contributed by atoms with E-state index in [0.29, 0.717) is 0 Å². The van der Waals surface area contributed by atoms with Crippen molar-refractivity contribution in [3.05, 3.63) is 0 Å². The second kappa shape index (κ2) is 10.4. The van der Waals surface area contributed by atoms with Crippen LogP contribution in [0.2, 0.25) is 0 Å². The molecular formula is C6H13Na2O9P. The van der Waals surface area contributed by atoms with E-state index in [9.17, 15) is 9.36 Å². The molecule has 0 bridgehead atoms. The summed E-state index contributed by atoms with van der Waals surface area (Å²) in [6.45, 7) is -0.963. The monoisotopic (exact) mass is 306 g/mol. The summed E-state index contributed by atoms with van der Waals surface area (Å²) in [5.41, 5.74) is -1.98. The maximum atomic E-state index is 10.8. The smallest absolute Gasteiger partial charge is 0.394 e. The third-order valence-electron chi connectivity index (χ3n) is 1.79. The Labute approximate surface area is 147 Å². The Morgan fingerprint density at radius 3 is 1.67 bits per heavy atom. The van der Waals surface area contributed by atoms with Crippen molar-refractivity contribution in [2.75, 3.05) is 6.61 Å². The van der Waals surface area contributed by atoms with Crippen molar-refractivity contribution in [2.45, 2.75) is 24.4 Å². The van der Waals surface area contributed by atoms with Crippen LogP contribution in [0.1, 0.15) is 0 Å². The number of hydrogen-bond donors (Lipinski definition) is 7. The number of aliphatic hydroxyl groups excluding tert-OH is 5. The van der Waals surface area contributed by atoms with Gasteiger partial charge in [0.25, 0.3) is 5.52 Å². The molecule has 4 atom stereocenters. The van der Waals surface area contributed by atoms with Crippen LogP contribution in [0.15, 0.2) is 0 Å². The van der Waals surface area contributed by atoms with Gasteiger partial charge in [0.2, 0.25) is 0 Å². The van der Waals surface area contributed by atoms with Gasteiger partial charge in [0.05, 0.1) is 6.61 Å². The maximum Gasteiger partial charge on any atom is 0.394 e. The van der Waals surface area contributed by atoms with Gasteiger partial charge in [-0.25, -0.2) is 0 Å². The summed E-state index contributed by atoms with van der Waals surface area (Å²) in [4.78, 5) is 27.6. The van der Waals surface area contributed by atoms with Gasteiger partial charge in [0.1, 0.15) is 18.3 Å². The molecule has 12 heteroatoms. The molecular weight excluding hydrogens is 293 g/mol. The van der Waals surface area contributed by atoms with Gasteiger partial charge in [-0.15, -0.1) is 0 Å². The fourth-order valence-corrected chi connectivity index (χ4v) is 1.34. The first-order valence-corrected chi connectivity index (χ1v) is 5.67. The second-order valence-electron chi connectivity index (χ2n) is 3.06. The fourth-order valence-electron chi connectivity index (χ4n) is 0.841. The summed E-state index contributed by atoms with van der Waals surface area (Å²) < 4.78 is 10.4. The van der Waals surface area contributed by atoms with Crippen molar-refractivity contribution >= 4 is 72.2 Å². The van der Waals surface area contributed by atoms with E-state index in [0.717, 1.165) is 0 Å². The second-order valence-corrected chi connectivity index (χ2v) is 4.59. The molecule has 9 nitrogen and oxygen atoms in total. The molecule has 0 saturated heterocycles. The summed E-state index contributed by atoms with van der Waals surface area (Å²) in [5, 5.41) is 44.4. The minimum atomic E-state index is -5.25. The van der Waals surface area contributed by atoms with Crippen molar-refractivity contribution in [1.82, 2.24) is 0 Å². The Morgan fingerprint density at radius 1 is 1.00 bits per heavy atom. The SMILES string of the molecule is O=C([C@@H](O)[C@@H](O)[C@H](O)[C@H](O)CO)P(=O)(O)O.[Na].[Na]. The minimum Gasteiger partial charge on any atom is -0.394 e. The predicted octanol–water partition coefficient (Wildman–Crippen LogP) is -4.63. The zero-order valence-corrected chi connectivity index (χ0v) is 14.8. The van der Waals surface area contributed by atoms with E-state index in [2.05, 4.69) is 0 Å². The molecule has 0 aromatic carbocycles. The van der Waals surface area contributed by atoms with Crippen LogP contribution < -0.4 is 0 Å². The van der Waals surface area contributed by atoms with E-state index < -0.39 is 44.1 Å². The normalized spacial score (nSPS) is 17.7. The molecule has 0 aromatic rings. The summed E-state index contributed by atoms with van der Waals surface area (Å²) >= 11 is 0. The zero-order valence-electron chi connectivity index (χ0n) is 9.91. The Bertz CT molecular complexity index is 295. The van der Waals surface area contributed by atoms with Crippen LogP contribution in [0.5, 0.6) is 0 Å². The summed E-state index contributed by atoms with van der Waals surface area (Å²) in [7, 11) is -5.25. The fraction of sp³-hybridized carbons (Fsp3) is 0.833. The quantitative estimate of drug-likeness (QED) is 0.188. The van der Waals surface area contributed by atoms with E-state index in [-0.39, 0.29) is 59.1 Å². The molecule has 0 amide bonds. The van der Waals surface area contributed by atoms with Crippen molar-refractivity contribution in [3.8, 4) is 0 Å². The molecule has 0 aromatic heterocycles. The Morgan fingerprint density at radius 2 is 1.39 bits per heavy atom. The number of hydrogen-bond acceptors (Lipinski definition) is 7. The molecule has 18 heavy (non-hydrogen) atoms. The minimum absolute atomic E-state index is 0. The molecule has 0 aliphatic carbocycles. The van der Waals surface area contributed by atoms with Gasteiger partial charge < -0.3 is 35.3 Å². The number of rotatable bonds is 6. The van der Waals surface area contributed by atoms with Crippen molar-refractivity contribution in [2.24, 2.45) is 0 Å². The Kier molecular flexibility index (Phi) is 14.2. The third kappa shape index (κ3) is 7.41. The average molecular weight is 306 g/mol. The predicted molar refractivity (Wildman–Crippen MR) is 59.7 cm³/mol. The van der Waals surface area contributed by atoms with Gasteiger partial charge in [0, 0.05) is 59.1 Å². The average Bonchev–Trinajstić information content (AvgIpc) is 2.22. The molecule has 7 N–H and O–H groups in total. The number of carbonyl (C=O) groups is 1. The van der Waals surface area contributed by atoms with Gasteiger partial charge in [-0.3, -0.25) is 9.36 Å². The van der Waals surface area contributed by atoms with Crippen molar-refractivity contribution in [3.63, 3.8) is 0 Å².